The Morgan fingerprint density at radius 1 is 1.35 bits per heavy atom. The van der Waals surface area contributed by atoms with Gasteiger partial charge in [-0.1, -0.05) is 13.5 Å². The Labute approximate surface area is 187 Å². The highest BCUT2D eigenvalue weighted by molar-refractivity contribution is 7.21. The first-order valence-corrected chi connectivity index (χ1v) is 11.2. The number of allylic oxidation sites excluding steroid dienone is 4. The van der Waals surface area contributed by atoms with Gasteiger partial charge in [0.1, 0.15) is 22.7 Å². The molecular formula is C23H29N5O2S. The fraction of sp³-hybridized carbons (Fsp3) is 0.391. The second-order valence-corrected chi connectivity index (χ2v) is 8.38. The van der Waals surface area contributed by atoms with Crippen molar-refractivity contribution in [2.45, 2.75) is 33.6 Å². The number of fused-ring (bicyclic) bond motifs is 1. The van der Waals surface area contributed by atoms with Gasteiger partial charge in [0.15, 0.2) is 6.29 Å². The van der Waals surface area contributed by atoms with Crippen LogP contribution in [0.3, 0.4) is 0 Å². The van der Waals surface area contributed by atoms with Crippen LogP contribution in [-0.2, 0) is 4.74 Å². The van der Waals surface area contributed by atoms with Crippen molar-refractivity contribution in [3.63, 3.8) is 0 Å². The maximum Gasteiger partial charge on any atom is 0.162 e. The number of aliphatic imine (C=N–C) groups is 1. The Hall–Kier alpha value is -3.00. The van der Waals surface area contributed by atoms with Gasteiger partial charge in [0.2, 0.25) is 0 Å². The Bertz CT molecular complexity index is 1080. The van der Waals surface area contributed by atoms with Crippen LogP contribution in [0, 0.1) is 0 Å². The summed E-state index contributed by atoms with van der Waals surface area (Å²) in [5.74, 6) is 1.53. The molecule has 0 N–H and O–H groups in total. The molecule has 1 saturated heterocycles. The van der Waals surface area contributed by atoms with Crippen LogP contribution >= 0.6 is 11.3 Å². The van der Waals surface area contributed by atoms with E-state index in [4.69, 9.17) is 9.73 Å². The fourth-order valence-electron chi connectivity index (χ4n) is 3.50. The number of carbonyl (C=O) groups is 1. The molecule has 7 nitrogen and oxygen atoms in total. The van der Waals surface area contributed by atoms with Gasteiger partial charge < -0.3 is 14.5 Å². The Kier molecular flexibility index (Phi) is 7.22. The third kappa shape index (κ3) is 4.69. The minimum atomic E-state index is 0.547. The lowest BCUT2D eigenvalue weighted by molar-refractivity contribution is 0.112. The molecule has 2 aromatic rings. The van der Waals surface area contributed by atoms with Gasteiger partial charge in [-0.2, -0.15) is 0 Å². The summed E-state index contributed by atoms with van der Waals surface area (Å²) in [6, 6.07) is 0. The highest BCUT2D eigenvalue weighted by Crippen LogP contribution is 2.40. The summed E-state index contributed by atoms with van der Waals surface area (Å²) in [6.07, 6.45) is 7.98. The van der Waals surface area contributed by atoms with Crippen molar-refractivity contribution in [2.75, 3.05) is 32.1 Å². The average Bonchev–Trinajstić information content (AvgIpc) is 3.37. The normalized spacial score (nSPS) is 16.2. The van der Waals surface area contributed by atoms with Crippen LogP contribution < -0.4 is 4.90 Å². The maximum absolute atomic E-state index is 11.7. The summed E-state index contributed by atoms with van der Waals surface area (Å²) < 4.78 is 5.50. The van der Waals surface area contributed by atoms with E-state index in [0.717, 1.165) is 64.3 Å². The van der Waals surface area contributed by atoms with Crippen LogP contribution in [0.25, 0.3) is 10.2 Å². The van der Waals surface area contributed by atoms with E-state index in [1.807, 2.05) is 23.9 Å². The van der Waals surface area contributed by atoms with Gasteiger partial charge in [-0.15, -0.1) is 11.3 Å². The van der Waals surface area contributed by atoms with Crippen LogP contribution in [0.15, 0.2) is 46.6 Å². The lowest BCUT2D eigenvalue weighted by atomic mass is 10.1. The second kappa shape index (κ2) is 9.87. The lowest BCUT2D eigenvalue weighted by Crippen LogP contribution is -2.17. The molecule has 1 fully saturated rings. The summed E-state index contributed by atoms with van der Waals surface area (Å²) in [7, 11) is 3.93. The number of thiophene rings is 1. The van der Waals surface area contributed by atoms with E-state index >= 15 is 0 Å². The van der Waals surface area contributed by atoms with Crippen molar-refractivity contribution in [2.24, 2.45) is 4.99 Å². The highest BCUT2D eigenvalue weighted by atomic mass is 32.1. The van der Waals surface area contributed by atoms with Crippen LogP contribution in [0.4, 0.5) is 11.5 Å². The molecule has 164 valence electrons. The smallest absolute Gasteiger partial charge is 0.162 e. The predicted octanol–water partition coefficient (Wildman–Crippen LogP) is 5.10. The monoisotopic (exact) mass is 439 g/mol. The number of carbonyl (C=O) groups excluding carboxylic acids is 1. The third-order valence-electron chi connectivity index (χ3n) is 5.41. The first-order chi connectivity index (χ1) is 14.9. The van der Waals surface area contributed by atoms with E-state index in [0.29, 0.717) is 17.2 Å². The molecule has 0 radical (unpaired) electrons. The molecule has 0 atom stereocenters. The fourth-order valence-corrected chi connectivity index (χ4v) is 4.39. The number of aldehydes is 1. The molecule has 0 unspecified atom stereocenters. The molecule has 31 heavy (non-hydrogen) atoms. The van der Waals surface area contributed by atoms with Crippen LogP contribution in [0.1, 0.15) is 43.3 Å². The molecule has 0 bridgehead atoms. The zero-order chi connectivity index (χ0) is 22.5. The van der Waals surface area contributed by atoms with E-state index in [1.165, 1.54) is 17.7 Å². The Morgan fingerprint density at radius 3 is 2.74 bits per heavy atom. The molecule has 0 aromatic carbocycles. The van der Waals surface area contributed by atoms with E-state index in [2.05, 4.69) is 43.4 Å². The number of rotatable bonds is 8. The maximum atomic E-state index is 11.7. The van der Waals surface area contributed by atoms with Gasteiger partial charge in [-0.05, 0) is 37.5 Å². The SMILES string of the molecule is C=C1OCC/C1=C(C)/C=C(\CC)N(C)C=Nc1c(C=O)sc2ncnc(N(C)CC)c12. The van der Waals surface area contributed by atoms with E-state index < -0.39 is 0 Å². The van der Waals surface area contributed by atoms with Crippen molar-refractivity contribution in [3.05, 3.63) is 46.5 Å². The molecule has 8 heteroatoms. The van der Waals surface area contributed by atoms with Crippen LogP contribution in [0.5, 0.6) is 0 Å². The summed E-state index contributed by atoms with van der Waals surface area (Å²) >= 11 is 1.34. The zero-order valence-electron chi connectivity index (χ0n) is 18.8. The first-order valence-electron chi connectivity index (χ1n) is 10.3. The van der Waals surface area contributed by atoms with Crippen molar-refractivity contribution < 1.29 is 9.53 Å². The second-order valence-electron chi connectivity index (χ2n) is 7.35. The standard InChI is InChI=1S/C23H29N5O2S/c1-7-17(11-15(3)18-9-10-30-16(18)4)28(6)14-26-21-19(12-29)31-23-20(21)22(24-13-25-23)27(5)8-2/h11-14H,4,7-10H2,1-3,5-6H3/b17-11+,18-15-,26-14?. The summed E-state index contributed by atoms with van der Waals surface area (Å²) in [4.78, 5) is 30.5. The van der Waals surface area contributed by atoms with Crippen LogP contribution in [-0.4, -0.2) is 54.7 Å². The molecule has 0 spiro atoms. The number of hydrogen-bond donors (Lipinski definition) is 0. The zero-order valence-corrected chi connectivity index (χ0v) is 19.6. The number of aromatic nitrogens is 2. The predicted molar refractivity (Wildman–Crippen MR) is 128 cm³/mol. The quantitative estimate of drug-likeness (QED) is 0.324. The van der Waals surface area contributed by atoms with E-state index in [1.54, 1.807) is 6.34 Å². The van der Waals surface area contributed by atoms with Crippen LogP contribution in [0.2, 0.25) is 0 Å². The summed E-state index contributed by atoms with van der Waals surface area (Å²) in [5.41, 5.74) is 4.02. The van der Waals surface area contributed by atoms with Gasteiger partial charge in [0, 0.05) is 32.8 Å². The van der Waals surface area contributed by atoms with Crippen molar-refractivity contribution in [1.82, 2.24) is 14.9 Å². The number of ether oxygens (including phenoxy) is 1. The van der Waals surface area contributed by atoms with Gasteiger partial charge in [-0.25, -0.2) is 15.0 Å². The molecule has 1 aliphatic heterocycles. The van der Waals surface area contributed by atoms with Gasteiger partial charge in [-0.3, -0.25) is 4.79 Å². The molecule has 0 aliphatic carbocycles. The largest absolute Gasteiger partial charge is 0.494 e. The number of anilines is 1. The highest BCUT2D eigenvalue weighted by Gasteiger charge is 2.19. The van der Waals surface area contributed by atoms with Gasteiger partial charge >= 0.3 is 0 Å². The lowest BCUT2D eigenvalue weighted by Gasteiger charge is -2.18. The minimum Gasteiger partial charge on any atom is -0.494 e. The molecule has 2 aromatic heterocycles. The van der Waals surface area contributed by atoms with Crippen molar-refractivity contribution in [1.29, 1.82) is 0 Å². The third-order valence-corrected chi connectivity index (χ3v) is 6.42. The van der Waals surface area contributed by atoms with E-state index in [9.17, 15) is 4.79 Å². The summed E-state index contributed by atoms with van der Waals surface area (Å²) in [6.45, 7) is 11.7. The molecular weight excluding hydrogens is 410 g/mol. The number of hydrogen-bond acceptors (Lipinski definition) is 7. The van der Waals surface area contributed by atoms with Gasteiger partial charge in [0.25, 0.3) is 0 Å². The molecule has 3 heterocycles. The topological polar surface area (TPSA) is 70.9 Å². The minimum absolute atomic E-state index is 0.547. The van der Waals surface area contributed by atoms with Crippen molar-refractivity contribution >= 4 is 45.7 Å². The Balaban J connectivity index is 1.99. The molecule has 0 saturated carbocycles. The van der Waals surface area contributed by atoms with Gasteiger partial charge in [0.05, 0.1) is 28.9 Å². The molecule has 0 amide bonds. The molecule has 3 rings (SSSR count). The number of nitrogens with zero attached hydrogens (tertiary/aromatic N) is 5. The Morgan fingerprint density at radius 2 is 2.13 bits per heavy atom. The average molecular weight is 440 g/mol. The van der Waals surface area contributed by atoms with E-state index in [-0.39, 0.29) is 0 Å². The van der Waals surface area contributed by atoms with Crippen molar-refractivity contribution in [3.8, 4) is 0 Å². The first kappa shape index (κ1) is 22.7. The molecule has 1 aliphatic rings. The summed E-state index contributed by atoms with van der Waals surface area (Å²) in [5, 5.41) is 0.809.